The topological polar surface area (TPSA) is 61.7 Å². The Bertz CT molecular complexity index is 1000. The summed E-state index contributed by atoms with van der Waals surface area (Å²) in [6.07, 6.45) is 1.61. The molecule has 2 aromatic heterocycles. The van der Waals surface area contributed by atoms with Gasteiger partial charge in [0.1, 0.15) is 11.7 Å². The maximum absolute atomic E-state index is 14.8. The molecule has 1 amide bonds. The number of pyridine rings is 2. The van der Waals surface area contributed by atoms with Crippen molar-refractivity contribution in [1.82, 2.24) is 14.5 Å². The summed E-state index contributed by atoms with van der Waals surface area (Å²) in [5.74, 6) is -0.614. The first-order chi connectivity index (χ1) is 12.2. The minimum Gasteiger partial charge on any atom is -0.354 e. The molecular formula is C18H22FN5O2. The van der Waals surface area contributed by atoms with E-state index in [-0.39, 0.29) is 28.7 Å². The van der Waals surface area contributed by atoms with E-state index >= 15 is 0 Å². The fourth-order valence-electron chi connectivity index (χ4n) is 4.05. The second-order valence-electron chi connectivity index (χ2n) is 7.34. The fraction of sp³-hybridized carbons (Fsp3) is 0.500. The number of fused-ring (bicyclic) bond motifs is 5. The molecular weight excluding hydrogens is 337 g/mol. The number of carbonyl (C=O) groups is 1. The largest absolute Gasteiger partial charge is 0.354 e. The third-order valence-corrected chi connectivity index (χ3v) is 5.78. The highest BCUT2D eigenvalue weighted by molar-refractivity contribution is 6.11. The summed E-state index contributed by atoms with van der Waals surface area (Å²) in [6, 6.07) is -0.189. The first-order valence-corrected chi connectivity index (χ1v) is 8.66. The van der Waals surface area contributed by atoms with E-state index in [1.165, 1.54) is 16.5 Å². The number of piperazine rings is 1. The average Bonchev–Trinajstić information content (AvgIpc) is 2.60. The van der Waals surface area contributed by atoms with Gasteiger partial charge in [-0.3, -0.25) is 19.5 Å². The van der Waals surface area contributed by atoms with Crippen molar-refractivity contribution in [2.24, 2.45) is 7.05 Å². The summed E-state index contributed by atoms with van der Waals surface area (Å²) >= 11 is 0. The molecule has 4 heterocycles. The molecule has 0 bridgehead atoms. The normalized spacial score (nSPS) is 23.4. The van der Waals surface area contributed by atoms with E-state index in [9.17, 15) is 14.0 Å². The highest BCUT2D eigenvalue weighted by Gasteiger charge is 2.44. The van der Waals surface area contributed by atoms with E-state index < -0.39 is 11.9 Å². The van der Waals surface area contributed by atoms with Crippen LogP contribution in [-0.2, 0) is 11.8 Å². The van der Waals surface area contributed by atoms with Gasteiger partial charge >= 0.3 is 0 Å². The summed E-state index contributed by atoms with van der Waals surface area (Å²) in [7, 11) is 5.13. The van der Waals surface area contributed by atoms with Gasteiger partial charge in [-0.05, 0) is 20.9 Å². The predicted octanol–water partition coefficient (Wildman–Crippen LogP) is 0.866. The molecule has 2 aliphatic rings. The maximum Gasteiger partial charge on any atom is 0.277 e. The third-order valence-electron chi connectivity index (χ3n) is 5.78. The molecule has 138 valence electrons. The van der Waals surface area contributed by atoms with Crippen LogP contribution < -0.4 is 15.4 Å². The zero-order valence-corrected chi connectivity index (χ0v) is 15.6. The molecule has 0 radical (unpaired) electrons. The summed E-state index contributed by atoms with van der Waals surface area (Å²) in [4.78, 5) is 35.6. The van der Waals surface area contributed by atoms with Gasteiger partial charge in [-0.2, -0.15) is 0 Å². The molecule has 26 heavy (non-hydrogen) atoms. The Hall–Kier alpha value is -2.48. The number of aryl methyl sites for hydroxylation is 2. The Morgan fingerprint density at radius 3 is 2.54 bits per heavy atom. The number of amides is 1. The van der Waals surface area contributed by atoms with Crippen molar-refractivity contribution in [3.05, 3.63) is 28.1 Å². The Morgan fingerprint density at radius 1 is 1.15 bits per heavy atom. The van der Waals surface area contributed by atoms with Gasteiger partial charge in [-0.1, -0.05) is 0 Å². The minimum atomic E-state index is -0.497. The molecule has 0 saturated carbocycles. The average molecular weight is 359 g/mol. The van der Waals surface area contributed by atoms with Crippen molar-refractivity contribution in [2.45, 2.75) is 25.9 Å². The van der Waals surface area contributed by atoms with Gasteiger partial charge in [0, 0.05) is 44.8 Å². The van der Waals surface area contributed by atoms with Gasteiger partial charge in [0.25, 0.3) is 11.5 Å². The summed E-state index contributed by atoms with van der Waals surface area (Å²) in [6.45, 7) is 4.80. The molecule has 1 saturated heterocycles. The van der Waals surface area contributed by atoms with E-state index in [1.807, 2.05) is 11.9 Å². The van der Waals surface area contributed by atoms with E-state index in [0.29, 0.717) is 29.9 Å². The van der Waals surface area contributed by atoms with E-state index in [0.717, 1.165) is 0 Å². The standard InChI is InChI=1S/C18H22FN5O2/c1-9-7-24-12(8-21(9)3)17(25)23(5)16-15(24)11-6-20-10(2)13(19)14(11)22(4)18(16)26/h6,9,12H,7-8H2,1-5H3. The lowest BCUT2D eigenvalue weighted by atomic mass is 9.99. The molecule has 0 aliphatic carbocycles. The number of rotatable bonds is 0. The van der Waals surface area contributed by atoms with Crippen LogP contribution in [0.5, 0.6) is 0 Å². The van der Waals surface area contributed by atoms with Crippen LogP contribution in [0.3, 0.4) is 0 Å². The Morgan fingerprint density at radius 2 is 1.85 bits per heavy atom. The first kappa shape index (κ1) is 17.0. The van der Waals surface area contributed by atoms with Crippen LogP contribution in [0.25, 0.3) is 10.9 Å². The molecule has 0 aromatic carbocycles. The highest BCUT2D eigenvalue weighted by Crippen LogP contribution is 2.40. The van der Waals surface area contributed by atoms with Crippen LogP contribution in [-0.4, -0.2) is 59.6 Å². The number of carbonyl (C=O) groups excluding carboxylic acids is 1. The molecule has 4 rings (SSSR count). The predicted molar refractivity (Wildman–Crippen MR) is 98.3 cm³/mol. The number of aromatic nitrogens is 2. The molecule has 0 spiro atoms. The molecule has 7 nitrogen and oxygen atoms in total. The van der Waals surface area contributed by atoms with Gasteiger partial charge in [0.15, 0.2) is 5.82 Å². The van der Waals surface area contributed by atoms with Gasteiger partial charge in [0.05, 0.1) is 16.9 Å². The Balaban J connectivity index is 2.11. The van der Waals surface area contributed by atoms with E-state index in [4.69, 9.17) is 0 Å². The van der Waals surface area contributed by atoms with Crippen molar-refractivity contribution < 1.29 is 9.18 Å². The molecule has 2 atom stereocenters. The van der Waals surface area contributed by atoms with Crippen LogP contribution in [0.1, 0.15) is 12.6 Å². The van der Waals surface area contributed by atoms with Crippen LogP contribution in [0.4, 0.5) is 15.8 Å². The summed E-state index contributed by atoms with van der Waals surface area (Å²) < 4.78 is 16.1. The second kappa shape index (κ2) is 5.51. The number of nitrogens with zero attached hydrogens (tertiary/aromatic N) is 5. The minimum absolute atomic E-state index is 0.117. The summed E-state index contributed by atoms with van der Waals surface area (Å²) in [5.41, 5.74) is 1.01. The number of halogens is 1. The molecule has 1 fully saturated rings. The number of likely N-dealkylation sites (N-methyl/N-ethyl adjacent to an activating group) is 2. The zero-order valence-electron chi connectivity index (χ0n) is 15.6. The molecule has 2 unspecified atom stereocenters. The van der Waals surface area contributed by atoms with Crippen LogP contribution >= 0.6 is 0 Å². The zero-order chi connectivity index (χ0) is 18.9. The van der Waals surface area contributed by atoms with Crippen LogP contribution in [0, 0.1) is 12.7 Å². The number of hydrogen-bond donors (Lipinski definition) is 0. The third kappa shape index (κ3) is 2.05. The van der Waals surface area contributed by atoms with Crippen molar-refractivity contribution in [3.8, 4) is 0 Å². The molecule has 0 N–H and O–H groups in total. The Labute approximate surface area is 150 Å². The number of hydrogen-bond acceptors (Lipinski definition) is 5. The number of anilines is 2. The summed E-state index contributed by atoms with van der Waals surface area (Å²) in [5, 5.41) is 0.561. The van der Waals surface area contributed by atoms with Gasteiger partial charge in [-0.15, -0.1) is 0 Å². The lowest BCUT2D eigenvalue weighted by Gasteiger charge is -2.49. The molecule has 2 aromatic rings. The van der Waals surface area contributed by atoms with Gasteiger partial charge < -0.3 is 14.4 Å². The first-order valence-electron chi connectivity index (χ1n) is 8.66. The van der Waals surface area contributed by atoms with Crippen molar-refractivity contribution in [1.29, 1.82) is 0 Å². The van der Waals surface area contributed by atoms with Crippen LogP contribution in [0.15, 0.2) is 11.0 Å². The quantitative estimate of drug-likeness (QED) is 0.698. The highest BCUT2D eigenvalue weighted by atomic mass is 19.1. The van der Waals surface area contributed by atoms with Crippen molar-refractivity contribution >= 4 is 28.2 Å². The monoisotopic (exact) mass is 359 g/mol. The second-order valence-corrected chi connectivity index (χ2v) is 7.34. The lowest BCUT2D eigenvalue weighted by molar-refractivity contribution is -0.121. The molecule has 2 aliphatic heterocycles. The van der Waals surface area contributed by atoms with E-state index in [1.54, 1.807) is 20.2 Å². The van der Waals surface area contributed by atoms with Crippen LogP contribution in [0.2, 0.25) is 0 Å². The van der Waals surface area contributed by atoms with Gasteiger partial charge in [0.2, 0.25) is 0 Å². The molecule has 8 heteroatoms. The van der Waals surface area contributed by atoms with Crippen molar-refractivity contribution in [2.75, 3.05) is 37.0 Å². The van der Waals surface area contributed by atoms with Gasteiger partial charge in [-0.25, -0.2) is 4.39 Å². The van der Waals surface area contributed by atoms with E-state index in [2.05, 4.69) is 16.8 Å². The Kier molecular flexibility index (Phi) is 3.59. The SMILES string of the molecule is Cc1ncc2c3c(c(=O)n(C)c2c1F)N(C)C(=O)C1CN(C)C(C)CN31. The maximum atomic E-state index is 14.8. The fourth-order valence-corrected chi connectivity index (χ4v) is 4.05. The smallest absolute Gasteiger partial charge is 0.277 e. The lowest BCUT2D eigenvalue weighted by Crippen LogP contribution is -2.64. The van der Waals surface area contributed by atoms with Crippen molar-refractivity contribution in [3.63, 3.8) is 0 Å².